The summed E-state index contributed by atoms with van der Waals surface area (Å²) in [6.07, 6.45) is -0.252. The first-order valence-electron chi connectivity index (χ1n) is 5.03. The standard InChI is InChI=1S/C11H8ClN3O3/c12-7-3-6(14-9(16)1-2-13)4-8-11(7)18-5-10(17)15-8/h3-4H,1,5H2,(H,14,16)(H,15,17). The van der Waals surface area contributed by atoms with Crippen molar-refractivity contribution in [3.8, 4) is 11.8 Å². The van der Waals surface area contributed by atoms with E-state index < -0.39 is 5.91 Å². The van der Waals surface area contributed by atoms with Crippen molar-refractivity contribution in [2.75, 3.05) is 17.2 Å². The van der Waals surface area contributed by atoms with Crippen molar-refractivity contribution in [3.05, 3.63) is 17.2 Å². The van der Waals surface area contributed by atoms with E-state index in [1.54, 1.807) is 6.07 Å². The number of nitriles is 1. The Hall–Kier alpha value is -2.26. The number of fused-ring (bicyclic) bond motifs is 1. The summed E-state index contributed by atoms with van der Waals surface area (Å²) in [7, 11) is 0. The SMILES string of the molecule is N#CCC(=O)Nc1cc(Cl)c2c(c1)NC(=O)CO2. The molecule has 0 aliphatic carbocycles. The van der Waals surface area contributed by atoms with E-state index in [0.29, 0.717) is 17.1 Å². The molecule has 0 atom stereocenters. The normalized spacial score (nSPS) is 12.8. The number of halogens is 1. The first-order valence-corrected chi connectivity index (χ1v) is 5.41. The van der Waals surface area contributed by atoms with Gasteiger partial charge in [0.1, 0.15) is 6.42 Å². The summed E-state index contributed by atoms with van der Waals surface area (Å²) in [6.45, 7) is -0.0904. The van der Waals surface area contributed by atoms with Gasteiger partial charge in [-0.2, -0.15) is 5.26 Å². The molecule has 0 bridgehead atoms. The molecule has 0 fully saturated rings. The molecule has 0 radical (unpaired) electrons. The minimum Gasteiger partial charge on any atom is -0.480 e. The predicted molar refractivity (Wildman–Crippen MR) is 64.4 cm³/mol. The Balaban J connectivity index is 2.27. The van der Waals surface area contributed by atoms with Crippen molar-refractivity contribution in [2.24, 2.45) is 0 Å². The second-order valence-electron chi connectivity index (χ2n) is 3.55. The third-order valence-corrected chi connectivity index (χ3v) is 2.47. The van der Waals surface area contributed by atoms with Gasteiger partial charge < -0.3 is 15.4 Å². The number of hydrogen-bond acceptors (Lipinski definition) is 4. The molecule has 6 nitrogen and oxygen atoms in total. The van der Waals surface area contributed by atoms with Gasteiger partial charge in [-0.3, -0.25) is 9.59 Å². The average Bonchev–Trinajstić information content (AvgIpc) is 2.28. The molecule has 0 saturated carbocycles. The van der Waals surface area contributed by atoms with Crippen LogP contribution in [0, 0.1) is 11.3 Å². The highest BCUT2D eigenvalue weighted by atomic mass is 35.5. The monoisotopic (exact) mass is 265 g/mol. The summed E-state index contributed by atoms with van der Waals surface area (Å²) in [6, 6.07) is 4.75. The van der Waals surface area contributed by atoms with E-state index in [9.17, 15) is 9.59 Å². The van der Waals surface area contributed by atoms with Gasteiger partial charge in [-0.25, -0.2) is 0 Å². The number of carbonyl (C=O) groups is 2. The van der Waals surface area contributed by atoms with Gasteiger partial charge in [0, 0.05) is 5.69 Å². The zero-order chi connectivity index (χ0) is 13.1. The van der Waals surface area contributed by atoms with E-state index in [1.807, 2.05) is 0 Å². The molecule has 0 saturated heterocycles. The molecule has 1 heterocycles. The molecule has 1 aliphatic rings. The minimum atomic E-state index is -0.448. The Morgan fingerprint density at radius 2 is 2.39 bits per heavy atom. The van der Waals surface area contributed by atoms with Crippen LogP contribution in [0.1, 0.15) is 6.42 Å². The quantitative estimate of drug-likeness (QED) is 0.848. The maximum atomic E-state index is 11.3. The molecule has 2 N–H and O–H groups in total. The van der Waals surface area contributed by atoms with Crippen molar-refractivity contribution in [1.29, 1.82) is 5.26 Å². The topological polar surface area (TPSA) is 91.2 Å². The second-order valence-corrected chi connectivity index (χ2v) is 3.96. The van der Waals surface area contributed by atoms with Crippen LogP contribution in [0.3, 0.4) is 0 Å². The van der Waals surface area contributed by atoms with Crippen molar-refractivity contribution in [1.82, 2.24) is 0 Å². The molecule has 0 unspecified atom stereocenters. The van der Waals surface area contributed by atoms with Crippen LogP contribution in [0.15, 0.2) is 12.1 Å². The Morgan fingerprint density at radius 1 is 1.61 bits per heavy atom. The Bertz CT molecular complexity index is 565. The van der Waals surface area contributed by atoms with E-state index in [2.05, 4.69) is 10.6 Å². The number of benzene rings is 1. The van der Waals surface area contributed by atoms with Crippen molar-refractivity contribution >= 4 is 34.8 Å². The molecule has 2 amide bonds. The van der Waals surface area contributed by atoms with Crippen molar-refractivity contribution < 1.29 is 14.3 Å². The van der Waals surface area contributed by atoms with Crippen LogP contribution in [-0.4, -0.2) is 18.4 Å². The van der Waals surface area contributed by atoms with Gasteiger partial charge >= 0.3 is 0 Å². The van der Waals surface area contributed by atoms with Gasteiger partial charge in [-0.05, 0) is 12.1 Å². The second kappa shape index (κ2) is 4.94. The lowest BCUT2D eigenvalue weighted by Crippen LogP contribution is -2.25. The van der Waals surface area contributed by atoms with E-state index in [0.717, 1.165) is 0 Å². The molecular weight excluding hydrogens is 258 g/mol. The Kier molecular flexibility index (Phi) is 3.35. The number of ether oxygens (including phenoxy) is 1. The summed E-state index contributed by atoms with van der Waals surface area (Å²) in [5.74, 6) is -0.370. The van der Waals surface area contributed by atoms with E-state index in [-0.39, 0.29) is 24.0 Å². The van der Waals surface area contributed by atoms with Gasteiger partial charge in [0.15, 0.2) is 12.4 Å². The van der Waals surface area contributed by atoms with Crippen LogP contribution in [0.2, 0.25) is 5.02 Å². The highest BCUT2D eigenvalue weighted by Gasteiger charge is 2.20. The van der Waals surface area contributed by atoms with E-state index in [4.69, 9.17) is 21.6 Å². The third kappa shape index (κ3) is 2.52. The summed E-state index contributed by atoms with van der Waals surface area (Å²) in [5.41, 5.74) is 0.788. The Labute approximate surface area is 107 Å². The Morgan fingerprint density at radius 3 is 3.11 bits per heavy atom. The molecule has 7 heteroatoms. The molecule has 1 aromatic rings. The number of nitrogens with one attached hydrogen (secondary N) is 2. The fraction of sp³-hybridized carbons (Fsp3) is 0.182. The van der Waals surface area contributed by atoms with Crippen LogP contribution in [0.4, 0.5) is 11.4 Å². The first-order chi connectivity index (χ1) is 8.60. The van der Waals surface area contributed by atoms with Gasteiger partial charge in [-0.1, -0.05) is 11.6 Å². The number of hydrogen-bond donors (Lipinski definition) is 2. The number of rotatable bonds is 2. The van der Waals surface area contributed by atoms with Crippen LogP contribution < -0.4 is 15.4 Å². The lowest BCUT2D eigenvalue weighted by molar-refractivity contribution is -0.118. The minimum absolute atomic E-state index is 0.0904. The van der Waals surface area contributed by atoms with Gasteiger partial charge in [-0.15, -0.1) is 0 Å². The summed E-state index contributed by atoms with van der Waals surface area (Å²) in [5, 5.41) is 13.7. The van der Waals surface area contributed by atoms with Gasteiger partial charge in [0.25, 0.3) is 5.91 Å². The maximum absolute atomic E-state index is 11.3. The highest BCUT2D eigenvalue weighted by molar-refractivity contribution is 6.33. The van der Waals surface area contributed by atoms with Crippen LogP contribution >= 0.6 is 11.6 Å². The molecule has 92 valence electrons. The summed E-state index contributed by atoms with van der Waals surface area (Å²) in [4.78, 5) is 22.4. The fourth-order valence-corrected chi connectivity index (χ4v) is 1.78. The summed E-state index contributed by atoms with van der Waals surface area (Å²) >= 11 is 5.96. The molecule has 0 spiro atoms. The molecule has 0 aromatic heterocycles. The van der Waals surface area contributed by atoms with Crippen molar-refractivity contribution in [3.63, 3.8) is 0 Å². The number of anilines is 2. The molecular formula is C11H8ClN3O3. The van der Waals surface area contributed by atoms with Crippen LogP contribution in [0.5, 0.6) is 5.75 Å². The highest BCUT2D eigenvalue weighted by Crippen LogP contribution is 2.38. The van der Waals surface area contributed by atoms with Gasteiger partial charge in [0.05, 0.1) is 16.8 Å². The van der Waals surface area contributed by atoms with E-state index in [1.165, 1.54) is 12.1 Å². The molecule has 18 heavy (non-hydrogen) atoms. The fourth-order valence-electron chi connectivity index (χ4n) is 1.51. The van der Waals surface area contributed by atoms with Crippen LogP contribution in [0.25, 0.3) is 0 Å². The largest absolute Gasteiger partial charge is 0.480 e. The number of carbonyl (C=O) groups excluding carboxylic acids is 2. The lowest BCUT2D eigenvalue weighted by Gasteiger charge is -2.20. The summed E-state index contributed by atoms with van der Waals surface area (Å²) < 4.78 is 5.16. The third-order valence-electron chi connectivity index (χ3n) is 2.19. The number of nitrogens with zero attached hydrogens (tertiary/aromatic N) is 1. The zero-order valence-corrected chi connectivity index (χ0v) is 9.87. The predicted octanol–water partition coefficient (Wildman–Crippen LogP) is 1.52. The van der Waals surface area contributed by atoms with Crippen molar-refractivity contribution in [2.45, 2.75) is 6.42 Å². The smallest absolute Gasteiger partial charge is 0.262 e. The van der Waals surface area contributed by atoms with Crippen LogP contribution in [-0.2, 0) is 9.59 Å². The lowest BCUT2D eigenvalue weighted by atomic mass is 10.2. The molecule has 1 aliphatic heterocycles. The average molecular weight is 266 g/mol. The van der Waals surface area contributed by atoms with Gasteiger partial charge in [0.2, 0.25) is 5.91 Å². The first kappa shape index (κ1) is 12.2. The molecule has 1 aromatic carbocycles. The van der Waals surface area contributed by atoms with E-state index >= 15 is 0 Å². The number of amides is 2. The maximum Gasteiger partial charge on any atom is 0.262 e. The zero-order valence-electron chi connectivity index (χ0n) is 9.12. The molecule has 2 rings (SSSR count).